The molecule has 1 aromatic carbocycles. The molecule has 45 heavy (non-hydrogen) atoms. The van der Waals surface area contributed by atoms with Gasteiger partial charge in [-0.25, -0.2) is 4.79 Å². The van der Waals surface area contributed by atoms with Crippen LogP contribution in [0.5, 0.6) is 0 Å². The molecule has 0 spiro atoms. The number of imide groups is 1. The summed E-state index contributed by atoms with van der Waals surface area (Å²) in [5.74, 6) is -5.24. The normalized spacial score (nSPS) is 13.6. The van der Waals surface area contributed by atoms with Crippen molar-refractivity contribution in [3.8, 4) is 0 Å². The molecule has 3 rings (SSSR count). The number of carbonyl (C=O) groups excluding carboxylic acids is 5. The molecular weight excluding hydrogens is 588 g/mol. The predicted octanol–water partition coefficient (Wildman–Crippen LogP) is -0.622. The lowest BCUT2D eigenvalue weighted by Crippen LogP contribution is -2.54. The van der Waals surface area contributed by atoms with Crippen LogP contribution in [0.15, 0.2) is 60.8 Å². The molecule has 15 heteroatoms. The first-order valence-corrected chi connectivity index (χ1v) is 14.1. The fourth-order valence-electron chi connectivity index (χ4n) is 4.38. The van der Waals surface area contributed by atoms with Gasteiger partial charge >= 0.3 is 11.9 Å². The molecule has 1 aliphatic heterocycles. The summed E-state index contributed by atoms with van der Waals surface area (Å²) in [5.41, 5.74) is 1.29. The molecule has 0 saturated heterocycles. The van der Waals surface area contributed by atoms with Crippen LogP contribution in [-0.4, -0.2) is 93.3 Å². The Labute approximate surface area is 258 Å². The Kier molecular flexibility index (Phi) is 12.9. The number of benzene rings is 1. The van der Waals surface area contributed by atoms with E-state index in [1.165, 1.54) is 18.3 Å². The number of aliphatic carboxylic acids is 2. The summed E-state index contributed by atoms with van der Waals surface area (Å²) in [6.07, 6.45) is 4.39. The first kappa shape index (κ1) is 34.1. The maximum atomic E-state index is 13.2. The summed E-state index contributed by atoms with van der Waals surface area (Å²) in [6, 6.07) is 9.16. The lowest BCUT2D eigenvalue weighted by atomic mass is 10.0. The Balaban J connectivity index is 1.57. The van der Waals surface area contributed by atoms with Crippen molar-refractivity contribution in [2.45, 2.75) is 44.3 Å². The number of nitrogens with one attached hydrogen (secondary N) is 4. The summed E-state index contributed by atoms with van der Waals surface area (Å²) in [4.78, 5) is 89.7. The van der Waals surface area contributed by atoms with Crippen LogP contribution in [0.2, 0.25) is 0 Å². The number of unbranched alkanes of at least 4 members (excludes halogenated alkanes) is 1. The highest BCUT2D eigenvalue weighted by molar-refractivity contribution is 6.12. The summed E-state index contributed by atoms with van der Waals surface area (Å²) >= 11 is 0. The Morgan fingerprint density at radius 2 is 1.58 bits per heavy atom. The summed E-state index contributed by atoms with van der Waals surface area (Å²) in [6.45, 7) is -0.551. The van der Waals surface area contributed by atoms with Gasteiger partial charge in [-0.2, -0.15) is 0 Å². The lowest BCUT2D eigenvalue weighted by Gasteiger charge is -2.22. The molecule has 2 aromatic rings. The number of pyridine rings is 1. The fraction of sp³-hybridized carbons (Fsp3) is 0.333. The van der Waals surface area contributed by atoms with E-state index >= 15 is 0 Å². The molecule has 2 unspecified atom stereocenters. The number of hydrogen-bond donors (Lipinski definition) is 6. The van der Waals surface area contributed by atoms with Crippen LogP contribution < -0.4 is 21.3 Å². The second-order valence-corrected chi connectivity index (χ2v) is 10.1. The van der Waals surface area contributed by atoms with Gasteiger partial charge in [0.1, 0.15) is 12.1 Å². The molecule has 2 heterocycles. The second-order valence-electron chi connectivity index (χ2n) is 10.1. The molecule has 6 N–H and O–H groups in total. The molecule has 0 bridgehead atoms. The van der Waals surface area contributed by atoms with E-state index in [1.54, 1.807) is 30.3 Å². The van der Waals surface area contributed by atoms with Crippen molar-refractivity contribution in [2.24, 2.45) is 0 Å². The van der Waals surface area contributed by atoms with Gasteiger partial charge in [-0.15, -0.1) is 0 Å². The van der Waals surface area contributed by atoms with E-state index < -0.39 is 60.1 Å². The van der Waals surface area contributed by atoms with Crippen molar-refractivity contribution in [3.05, 3.63) is 77.6 Å². The van der Waals surface area contributed by atoms with Crippen molar-refractivity contribution in [1.29, 1.82) is 0 Å². The van der Waals surface area contributed by atoms with Gasteiger partial charge in [0, 0.05) is 43.4 Å². The molecule has 0 aliphatic carbocycles. The van der Waals surface area contributed by atoms with Gasteiger partial charge in [-0.1, -0.05) is 30.3 Å². The van der Waals surface area contributed by atoms with E-state index in [9.17, 15) is 38.7 Å². The number of nitrogens with zero attached hydrogens (tertiary/aromatic N) is 2. The SMILES string of the molecule is O=C(O)CNCc1cc(C(=O)NCC(=O)NC(Cc2ccccc2)C(=O)NC(CCCCN2C(=O)C=CC2=O)C(=O)O)ccn1. The molecule has 0 fully saturated rings. The van der Waals surface area contributed by atoms with Crippen LogP contribution in [0.3, 0.4) is 0 Å². The van der Waals surface area contributed by atoms with E-state index in [4.69, 9.17) is 5.11 Å². The number of aromatic nitrogens is 1. The minimum absolute atomic E-state index is 0.0204. The Morgan fingerprint density at radius 1 is 0.867 bits per heavy atom. The van der Waals surface area contributed by atoms with E-state index in [2.05, 4.69) is 26.3 Å². The van der Waals surface area contributed by atoms with Crippen LogP contribution >= 0.6 is 0 Å². The zero-order chi connectivity index (χ0) is 32.8. The monoisotopic (exact) mass is 622 g/mol. The fourth-order valence-corrected chi connectivity index (χ4v) is 4.38. The molecule has 0 saturated carbocycles. The molecule has 1 aliphatic rings. The lowest BCUT2D eigenvalue weighted by molar-refractivity contribution is -0.142. The number of carbonyl (C=O) groups is 7. The van der Waals surface area contributed by atoms with Gasteiger partial charge in [0.25, 0.3) is 17.7 Å². The van der Waals surface area contributed by atoms with Crippen molar-refractivity contribution < 1.29 is 43.8 Å². The zero-order valence-electron chi connectivity index (χ0n) is 24.2. The summed E-state index contributed by atoms with van der Waals surface area (Å²) < 4.78 is 0. The van der Waals surface area contributed by atoms with Crippen LogP contribution in [0.25, 0.3) is 0 Å². The van der Waals surface area contributed by atoms with Crippen LogP contribution in [0.1, 0.15) is 40.9 Å². The highest BCUT2D eigenvalue weighted by Crippen LogP contribution is 2.10. The van der Waals surface area contributed by atoms with Gasteiger partial charge in [-0.3, -0.25) is 38.7 Å². The van der Waals surface area contributed by atoms with E-state index in [0.717, 1.165) is 17.1 Å². The molecule has 15 nitrogen and oxygen atoms in total. The third-order valence-corrected chi connectivity index (χ3v) is 6.64. The molecule has 238 valence electrons. The number of hydrogen-bond acceptors (Lipinski definition) is 9. The first-order valence-electron chi connectivity index (χ1n) is 14.1. The Hall–Kier alpha value is -5.44. The minimum Gasteiger partial charge on any atom is -0.480 e. The third kappa shape index (κ3) is 11.3. The highest BCUT2D eigenvalue weighted by atomic mass is 16.4. The van der Waals surface area contributed by atoms with Crippen LogP contribution in [0.4, 0.5) is 0 Å². The Morgan fingerprint density at radius 3 is 2.24 bits per heavy atom. The highest BCUT2D eigenvalue weighted by Gasteiger charge is 2.28. The van der Waals surface area contributed by atoms with Gasteiger partial charge < -0.3 is 31.5 Å². The quantitative estimate of drug-likeness (QED) is 0.0907. The van der Waals surface area contributed by atoms with Crippen molar-refractivity contribution in [2.75, 3.05) is 19.6 Å². The van der Waals surface area contributed by atoms with Crippen LogP contribution in [0, 0.1) is 0 Å². The number of amides is 5. The molecule has 1 aromatic heterocycles. The third-order valence-electron chi connectivity index (χ3n) is 6.64. The first-order chi connectivity index (χ1) is 21.5. The largest absolute Gasteiger partial charge is 0.480 e. The van der Waals surface area contributed by atoms with Gasteiger partial charge in [-0.05, 0) is 37.0 Å². The smallest absolute Gasteiger partial charge is 0.326 e. The van der Waals surface area contributed by atoms with E-state index in [0.29, 0.717) is 24.1 Å². The predicted molar refractivity (Wildman–Crippen MR) is 157 cm³/mol. The molecule has 0 radical (unpaired) electrons. The average Bonchev–Trinajstić information content (AvgIpc) is 3.33. The summed E-state index contributed by atoms with van der Waals surface area (Å²) in [7, 11) is 0. The Bertz CT molecular complexity index is 1430. The molecule has 2 atom stereocenters. The topological polar surface area (TPSA) is 224 Å². The maximum Gasteiger partial charge on any atom is 0.326 e. The van der Waals surface area contributed by atoms with Crippen molar-refractivity contribution >= 4 is 41.5 Å². The van der Waals surface area contributed by atoms with Gasteiger partial charge in [0.2, 0.25) is 11.8 Å². The van der Waals surface area contributed by atoms with Crippen molar-refractivity contribution in [1.82, 2.24) is 31.2 Å². The molecule has 5 amide bonds. The van der Waals surface area contributed by atoms with Gasteiger partial charge in [0.05, 0.1) is 18.8 Å². The summed E-state index contributed by atoms with van der Waals surface area (Å²) in [5, 5.41) is 28.6. The van der Waals surface area contributed by atoms with Gasteiger partial charge in [0.15, 0.2) is 0 Å². The van der Waals surface area contributed by atoms with E-state index in [-0.39, 0.29) is 38.0 Å². The van der Waals surface area contributed by atoms with Crippen LogP contribution in [-0.2, 0) is 41.7 Å². The zero-order valence-corrected chi connectivity index (χ0v) is 24.2. The average molecular weight is 623 g/mol. The molecular formula is C30H34N6O9. The standard InChI is InChI=1S/C30H34N6O9/c37-24(17-33-28(42)20-11-12-32-21(15-20)16-31-18-27(40)41)34-23(14-19-6-2-1-3-7-19)29(43)35-22(30(44)45)8-4-5-13-36-25(38)9-10-26(36)39/h1-3,6-7,9-12,15,22-23,31H,4-5,8,13-14,16-18H2,(H,33,42)(H,34,37)(H,35,43)(H,40,41)(H,44,45). The second kappa shape index (κ2) is 17.0. The number of carboxylic acids is 2. The maximum absolute atomic E-state index is 13.2. The van der Waals surface area contributed by atoms with Crippen molar-refractivity contribution in [3.63, 3.8) is 0 Å². The number of rotatable bonds is 18. The van der Waals surface area contributed by atoms with E-state index in [1.807, 2.05) is 0 Å². The number of carboxylic acid groups (broad SMARTS) is 2. The minimum atomic E-state index is -1.29.